The molecule has 0 saturated carbocycles. The van der Waals surface area contributed by atoms with E-state index >= 15 is 0 Å². The number of hydrogen-bond donors (Lipinski definition) is 1. The molecule has 0 unspecified atom stereocenters. The number of ether oxygens (including phenoxy) is 1. The molecule has 13 heavy (non-hydrogen) atoms. The molecule has 3 heteroatoms. The van der Waals surface area contributed by atoms with Gasteiger partial charge < -0.3 is 9.84 Å². The van der Waals surface area contributed by atoms with Crippen LogP contribution in [-0.2, 0) is 9.53 Å². The number of hydrogen-bond acceptors (Lipinski definition) is 2. The van der Waals surface area contributed by atoms with Gasteiger partial charge in [-0.2, -0.15) is 0 Å². The standard InChI is InChI=1S/C10H14O3/c1-3-5-9(4-2)8-13-7-6-10(11)12/h3-5H,1-2,6-8H2,(H,11,12)/b9-5+. The molecule has 72 valence electrons. The molecular formula is C10H14O3. The first-order chi connectivity index (χ1) is 6.20. The van der Waals surface area contributed by atoms with Crippen molar-refractivity contribution >= 4 is 5.97 Å². The maximum atomic E-state index is 10.1. The molecule has 0 rings (SSSR count). The fourth-order valence-corrected chi connectivity index (χ4v) is 0.676. The van der Waals surface area contributed by atoms with Gasteiger partial charge in [-0.15, -0.1) is 0 Å². The second-order valence-corrected chi connectivity index (χ2v) is 2.38. The van der Waals surface area contributed by atoms with Gasteiger partial charge in [-0.3, -0.25) is 4.79 Å². The zero-order valence-corrected chi connectivity index (χ0v) is 7.53. The maximum Gasteiger partial charge on any atom is 0.305 e. The van der Waals surface area contributed by atoms with Crippen LogP contribution in [0.25, 0.3) is 0 Å². The van der Waals surface area contributed by atoms with Crippen LogP contribution in [0.2, 0.25) is 0 Å². The monoisotopic (exact) mass is 182 g/mol. The van der Waals surface area contributed by atoms with E-state index in [4.69, 9.17) is 9.84 Å². The van der Waals surface area contributed by atoms with Crippen LogP contribution in [0.5, 0.6) is 0 Å². The highest BCUT2D eigenvalue weighted by atomic mass is 16.5. The second-order valence-electron chi connectivity index (χ2n) is 2.38. The summed E-state index contributed by atoms with van der Waals surface area (Å²) in [5.41, 5.74) is 0.889. The van der Waals surface area contributed by atoms with Gasteiger partial charge >= 0.3 is 5.97 Å². The summed E-state index contributed by atoms with van der Waals surface area (Å²) in [5.74, 6) is -0.854. The number of allylic oxidation sites excluding steroid dienone is 2. The Balaban J connectivity index is 3.61. The first-order valence-corrected chi connectivity index (χ1v) is 3.94. The van der Waals surface area contributed by atoms with E-state index in [-0.39, 0.29) is 13.0 Å². The molecule has 0 fully saturated rings. The molecule has 0 aromatic carbocycles. The Morgan fingerprint density at radius 2 is 2.15 bits per heavy atom. The Kier molecular flexibility index (Phi) is 6.55. The van der Waals surface area contributed by atoms with Gasteiger partial charge in [-0.1, -0.05) is 31.4 Å². The normalized spacial score (nSPS) is 10.9. The van der Waals surface area contributed by atoms with Gasteiger partial charge in [0.2, 0.25) is 0 Å². The molecule has 0 amide bonds. The third-order valence-corrected chi connectivity index (χ3v) is 1.32. The molecule has 0 spiro atoms. The van der Waals surface area contributed by atoms with Crippen LogP contribution in [0.4, 0.5) is 0 Å². The zero-order valence-electron chi connectivity index (χ0n) is 7.53. The fourth-order valence-electron chi connectivity index (χ4n) is 0.676. The van der Waals surface area contributed by atoms with Crippen LogP contribution < -0.4 is 0 Å². The Bertz CT molecular complexity index is 216. The Hall–Kier alpha value is -1.35. The number of carbonyl (C=O) groups is 1. The van der Waals surface area contributed by atoms with Crippen molar-refractivity contribution in [1.29, 1.82) is 0 Å². The third-order valence-electron chi connectivity index (χ3n) is 1.32. The smallest absolute Gasteiger partial charge is 0.305 e. The molecule has 0 radical (unpaired) electrons. The van der Waals surface area contributed by atoms with Crippen LogP contribution in [-0.4, -0.2) is 24.3 Å². The van der Waals surface area contributed by atoms with E-state index in [2.05, 4.69) is 13.2 Å². The minimum atomic E-state index is -0.854. The second kappa shape index (κ2) is 7.31. The van der Waals surface area contributed by atoms with Gasteiger partial charge in [0.25, 0.3) is 0 Å². The van der Waals surface area contributed by atoms with Crippen LogP contribution >= 0.6 is 0 Å². The third kappa shape index (κ3) is 7.03. The topological polar surface area (TPSA) is 46.5 Å². The summed E-state index contributed by atoms with van der Waals surface area (Å²) in [6.45, 7) is 7.71. The van der Waals surface area contributed by atoms with Crippen LogP contribution in [0.1, 0.15) is 6.42 Å². The van der Waals surface area contributed by atoms with Crippen LogP contribution in [0, 0.1) is 0 Å². The van der Waals surface area contributed by atoms with E-state index in [1.54, 1.807) is 18.2 Å². The number of carboxylic acids is 1. The van der Waals surface area contributed by atoms with E-state index in [0.717, 1.165) is 5.57 Å². The minimum Gasteiger partial charge on any atom is -0.481 e. The summed E-state index contributed by atoms with van der Waals surface area (Å²) < 4.78 is 5.08. The van der Waals surface area contributed by atoms with E-state index in [9.17, 15) is 4.79 Å². The minimum absolute atomic E-state index is 0.0263. The van der Waals surface area contributed by atoms with Crippen molar-refractivity contribution in [2.24, 2.45) is 0 Å². The van der Waals surface area contributed by atoms with Crippen molar-refractivity contribution in [3.05, 3.63) is 37.0 Å². The highest BCUT2D eigenvalue weighted by Crippen LogP contribution is 1.97. The van der Waals surface area contributed by atoms with Gasteiger partial charge in [0.15, 0.2) is 0 Å². The molecule has 3 nitrogen and oxygen atoms in total. The summed E-state index contributed by atoms with van der Waals surface area (Å²) in [6, 6.07) is 0. The largest absolute Gasteiger partial charge is 0.481 e. The molecule has 0 aromatic rings. The lowest BCUT2D eigenvalue weighted by molar-refractivity contribution is -0.138. The number of aliphatic carboxylic acids is 1. The van der Waals surface area contributed by atoms with E-state index in [0.29, 0.717) is 6.61 Å². The SMILES string of the molecule is C=C/C=C(\C=C)COCCC(=O)O. The summed E-state index contributed by atoms with van der Waals surface area (Å²) in [5, 5.41) is 8.31. The van der Waals surface area contributed by atoms with Crippen molar-refractivity contribution in [3.8, 4) is 0 Å². The quantitative estimate of drug-likeness (QED) is 0.482. The lowest BCUT2D eigenvalue weighted by Crippen LogP contribution is -2.04. The van der Waals surface area contributed by atoms with Crippen LogP contribution in [0.15, 0.2) is 37.0 Å². The molecule has 0 aliphatic heterocycles. The average molecular weight is 182 g/mol. The molecule has 0 atom stereocenters. The molecule has 0 aliphatic rings. The average Bonchev–Trinajstić information content (AvgIpc) is 2.10. The maximum absolute atomic E-state index is 10.1. The van der Waals surface area contributed by atoms with Crippen molar-refractivity contribution < 1.29 is 14.6 Å². The summed E-state index contributed by atoms with van der Waals surface area (Å²) in [4.78, 5) is 10.1. The Morgan fingerprint density at radius 1 is 1.46 bits per heavy atom. The van der Waals surface area contributed by atoms with Crippen molar-refractivity contribution in [2.45, 2.75) is 6.42 Å². The lowest BCUT2D eigenvalue weighted by atomic mass is 10.2. The van der Waals surface area contributed by atoms with Crippen LogP contribution in [0.3, 0.4) is 0 Å². The summed E-state index contributed by atoms with van der Waals surface area (Å²) in [7, 11) is 0. The zero-order chi connectivity index (χ0) is 10.1. The molecule has 0 bridgehead atoms. The van der Waals surface area contributed by atoms with Gasteiger partial charge in [-0.25, -0.2) is 0 Å². The lowest BCUT2D eigenvalue weighted by Gasteiger charge is -2.01. The molecule has 0 aromatic heterocycles. The Morgan fingerprint density at radius 3 is 2.62 bits per heavy atom. The number of rotatable bonds is 7. The van der Waals surface area contributed by atoms with E-state index in [1.807, 2.05) is 0 Å². The first-order valence-electron chi connectivity index (χ1n) is 3.94. The predicted molar refractivity (Wildman–Crippen MR) is 51.5 cm³/mol. The highest BCUT2D eigenvalue weighted by molar-refractivity contribution is 5.66. The summed E-state index contributed by atoms with van der Waals surface area (Å²) >= 11 is 0. The molecule has 0 aliphatic carbocycles. The fraction of sp³-hybridized carbons (Fsp3) is 0.300. The number of carboxylic acid groups (broad SMARTS) is 1. The van der Waals surface area contributed by atoms with Crippen molar-refractivity contribution in [1.82, 2.24) is 0 Å². The highest BCUT2D eigenvalue weighted by Gasteiger charge is 1.96. The summed E-state index contributed by atoms with van der Waals surface area (Å²) in [6.07, 6.45) is 5.09. The predicted octanol–water partition coefficient (Wildman–Crippen LogP) is 1.78. The van der Waals surface area contributed by atoms with E-state index in [1.165, 1.54) is 0 Å². The Labute approximate surface area is 78.0 Å². The molecule has 0 heterocycles. The van der Waals surface area contributed by atoms with Gasteiger partial charge in [0, 0.05) is 0 Å². The first kappa shape index (κ1) is 11.6. The van der Waals surface area contributed by atoms with Gasteiger partial charge in [0.1, 0.15) is 0 Å². The van der Waals surface area contributed by atoms with E-state index < -0.39 is 5.97 Å². The molecule has 1 N–H and O–H groups in total. The van der Waals surface area contributed by atoms with Gasteiger partial charge in [-0.05, 0) is 5.57 Å². The van der Waals surface area contributed by atoms with Crippen molar-refractivity contribution in [3.63, 3.8) is 0 Å². The molecule has 0 saturated heterocycles. The van der Waals surface area contributed by atoms with Crippen molar-refractivity contribution in [2.75, 3.05) is 13.2 Å². The molecular weight excluding hydrogens is 168 g/mol. The van der Waals surface area contributed by atoms with Gasteiger partial charge in [0.05, 0.1) is 19.6 Å².